The topological polar surface area (TPSA) is 182 Å². The van der Waals surface area contributed by atoms with E-state index in [0.29, 0.717) is 28.3 Å². The Morgan fingerprint density at radius 2 is 1.68 bits per heavy atom. The third-order valence-corrected chi connectivity index (χ3v) is 4.18. The Morgan fingerprint density at radius 3 is 2.30 bits per heavy atom. The van der Waals surface area contributed by atoms with Gasteiger partial charge in [-0.3, -0.25) is 19.9 Å². The largest absolute Gasteiger partial charge is 0.490 e. The van der Waals surface area contributed by atoms with Crippen molar-refractivity contribution >= 4 is 34.8 Å². The van der Waals surface area contributed by atoms with Gasteiger partial charge in [0.25, 0.3) is 11.8 Å². The molecule has 0 radical (unpaired) electrons. The fourth-order valence-electron chi connectivity index (χ4n) is 2.53. The van der Waals surface area contributed by atoms with Crippen molar-refractivity contribution in [2.75, 3.05) is 12.4 Å². The highest BCUT2D eigenvalue weighted by molar-refractivity contribution is 6.02. The Labute approximate surface area is 204 Å². The highest BCUT2D eigenvalue weighted by Crippen LogP contribution is 2.24. The average molecular weight is 519 g/mol. The van der Waals surface area contributed by atoms with Crippen LogP contribution >= 0.6 is 0 Å². The van der Waals surface area contributed by atoms with E-state index in [4.69, 9.17) is 19.2 Å². The van der Waals surface area contributed by atoms with Gasteiger partial charge in [-0.25, -0.2) is 9.78 Å². The number of ether oxygens (including phenoxy) is 1. The molecule has 3 N–H and O–H groups in total. The number of alkyl halides is 3. The van der Waals surface area contributed by atoms with Gasteiger partial charge in [0.1, 0.15) is 28.5 Å². The lowest BCUT2D eigenvalue weighted by Gasteiger charge is -2.08. The highest BCUT2D eigenvalue weighted by Gasteiger charge is 2.38. The van der Waals surface area contributed by atoms with Gasteiger partial charge in [-0.2, -0.15) is 13.2 Å². The molecule has 13 nitrogen and oxygen atoms in total. The van der Waals surface area contributed by atoms with Crippen LogP contribution in [0.3, 0.4) is 0 Å². The predicted octanol–water partition coefficient (Wildman–Crippen LogP) is 2.75. The molecule has 0 aliphatic carbocycles. The van der Waals surface area contributed by atoms with E-state index in [0.717, 1.165) is 0 Å². The summed E-state index contributed by atoms with van der Waals surface area (Å²) in [5.41, 5.74) is 1.32. The maximum atomic E-state index is 12.1. The lowest BCUT2D eigenvalue weighted by Crippen LogP contribution is -2.21. The van der Waals surface area contributed by atoms with Crippen molar-refractivity contribution in [1.82, 2.24) is 30.6 Å². The number of carbonyl (C=O) groups excluding carboxylic acids is 2. The molecular formula is C21H16F3N7O6. The maximum Gasteiger partial charge on any atom is 0.490 e. The number of halogens is 3. The first kappa shape index (κ1) is 26.5. The van der Waals surface area contributed by atoms with Gasteiger partial charge in [0.15, 0.2) is 5.69 Å². The third-order valence-electron chi connectivity index (χ3n) is 4.18. The molecule has 0 aliphatic rings. The van der Waals surface area contributed by atoms with E-state index in [-0.39, 0.29) is 23.2 Å². The number of amides is 2. The molecule has 1 aromatic carbocycles. The number of fused-ring (bicyclic) bond motifs is 1. The van der Waals surface area contributed by atoms with E-state index in [1.807, 2.05) is 0 Å². The molecule has 0 fully saturated rings. The minimum absolute atomic E-state index is 0.0335. The number of carboxylic acid groups (broad SMARTS) is 1. The summed E-state index contributed by atoms with van der Waals surface area (Å²) < 4.78 is 42.4. The van der Waals surface area contributed by atoms with Crippen molar-refractivity contribution in [2.24, 2.45) is 0 Å². The first-order valence-corrected chi connectivity index (χ1v) is 10.0. The van der Waals surface area contributed by atoms with Crippen LogP contribution in [0.2, 0.25) is 0 Å². The summed E-state index contributed by atoms with van der Waals surface area (Å²) in [6, 6.07) is 9.66. The zero-order valence-corrected chi connectivity index (χ0v) is 18.9. The summed E-state index contributed by atoms with van der Waals surface area (Å²) in [4.78, 5) is 41.0. The van der Waals surface area contributed by atoms with Crippen molar-refractivity contribution in [2.45, 2.75) is 13.1 Å². The fourth-order valence-corrected chi connectivity index (χ4v) is 2.53. The van der Waals surface area contributed by atoms with Crippen molar-refractivity contribution in [3.63, 3.8) is 0 Å². The van der Waals surface area contributed by atoms with Gasteiger partial charge in [-0.05, 0) is 25.1 Å². The van der Waals surface area contributed by atoms with Crippen LogP contribution in [0.4, 0.5) is 19.1 Å². The molecule has 192 valence electrons. The van der Waals surface area contributed by atoms with Crippen LogP contribution in [-0.2, 0) is 4.79 Å². The summed E-state index contributed by atoms with van der Waals surface area (Å²) in [6.45, 7) is 1.68. The van der Waals surface area contributed by atoms with Crippen LogP contribution in [0.15, 0.2) is 47.1 Å². The molecule has 0 bridgehead atoms. The minimum atomic E-state index is -5.08. The number of anilines is 1. The predicted molar refractivity (Wildman–Crippen MR) is 118 cm³/mol. The molecule has 0 spiro atoms. The zero-order chi connectivity index (χ0) is 27.2. The average Bonchev–Trinajstić information content (AvgIpc) is 3.30. The van der Waals surface area contributed by atoms with E-state index in [1.165, 1.54) is 25.4 Å². The lowest BCUT2D eigenvalue weighted by molar-refractivity contribution is -0.192. The number of aliphatic carboxylic acids is 1. The fraction of sp³-hybridized carbons (Fsp3) is 0.143. The van der Waals surface area contributed by atoms with Crippen LogP contribution in [0.1, 0.15) is 26.7 Å². The summed E-state index contributed by atoms with van der Waals surface area (Å²) in [6.07, 6.45) is -3.60. The Balaban J connectivity index is 0.000000479. The number of benzene rings is 1. The van der Waals surface area contributed by atoms with Crippen molar-refractivity contribution in [3.05, 3.63) is 59.7 Å². The second-order valence-electron chi connectivity index (χ2n) is 6.92. The quantitative estimate of drug-likeness (QED) is 0.352. The number of rotatable bonds is 5. The highest BCUT2D eigenvalue weighted by atomic mass is 19.4. The number of hydrogen-bond donors (Lipinski definition) is 3. The first-order valence-electron chi connectivity index (χ1n) is 10.0. The molecule has 0 saturated carbocycles. The zero-order valence-electron chi connectivity index (χ0n) is 18.9. The number of carbonyl (C=O) groups is 3. The third kappa shape index (κ3) is 7.17. The normalized spacial score (nSPS) is 10.7. The van der Waals surface area contributed by atoms with E-state index in [2.05, 4.69) is 36.0 Å². The number of nitrogens with one attached hydrogen (secondary N) is 2. The molecular weight excluding hydrogens is 503 g/mol. The monoisotopic (exact) mass is 519 g/mol. The van der Waals surface area contributed by atoms with Gasteiger partial charge in [-0.15, -0.1) is 10.2 Å². The molecule has 0 unspecified atom stereocenters. The molecule has 16 heteroatoms. The Morgan fingerprint density at radius 1 is 0.973 bits per heavy atom. The smallest absolute Gasteiger partial charge is 0.475 e. The van der Waals surface area contributed by atoms with Gasteiger partial charge in [-0.1, -0.05) is 5.16 Å². The molecule has 3 heterocycles. The van der Waals surface area contributed by atoms with Gasteiger partial charge >= 0.3 is 12.1 Å². The lowest BCUT2D eigenvalue weighted by atomic mass is 10.3. The SMILES string of the molecule is CNC(=O)c1cc(Oc2ccc3nc(NC(=O)c4cc(C)on4)nnc3c2)ccn1.O=C(O)C(F)(F)F. The van der Waals surface area contributed by atoms with Crippen LogP contribution in [-0.4, -0.2) is 61.4 Å². The van der Waals surface area contributed by atoms with Gasteiger partial charge in [0.05, 0.1) is 5.52 Å². The van der Waals surface area contributed by atoms with Crippen molar-refractivity contribution in [3.8, 4) is 11.5 Å². The van der Waals surface area contributed by atoms with Crippen LogP contribution in [0.5, 0.6) is 11.5 Å². The molecule has 0 aliphatic heterocycles. The van der Waals surface area contributed by atoms with E-state index < -0.39 is 18.1 Å². The van der Waals surface area contributed by atoms with Gasteiger partial charge in [0, 0.05) is 31.4 Å². The number of pyridine rings is 1. The molecule has 37 heavy (non-hydrogen) atoms. The maximum absolute atomic E-state index is 12.1. The molecule has 2 amide bonds. The first-order chi connectivity index (χ1) is 17.5. The van der Waals surface area contributed by atoms with E-state index in [1.54, 1.807) is 31.2 Å². The molecule has 3 aromatic heterocycles. The summed E-state index contributed by atoms with van der Waals surface area (Å²) in [7, 11) is 1.52. The number of carboxylic acids is 1. The molecule has 4 aromatic rings. The van der Waals surface area contributed by atoms with E-state index >= 15 is 0 Å². The molecule has 0 saturated heterocycles. The Bertz CT molecular complexity index is 1460. The molecule has 0 atom stereocenters. The van der Waals surface area contributed by atoms with Gasteiger partial charge in [0.2, 0.25) is 5.95 Å². The van der Waals surface area contributed by atoms with Crippen LogP contribution < -0.4 is 15.4 Å². The van der Waals surface area contributed by atoms with Gasteiger partial charge < -0.3 is 19.7 Å². The second-order valence-corrected chi connectivity index (χ2v) is 6.92. The summed E-state index contributed by atoms with van der Waals surface area (Å²) in [5, 5.41) is 23.8. The standard InChI is InChI=1S/C19H15N7O4.C2HF3O2/c1-10-7-16(26-30-10)18(28)23-19-22-13-4-3-11(8-14(13)24-25-19)29-12-5-6-21-15(9-12)17(27)20-2;3-2(4,5)1(6)7/h3-9H,1-2H3,(H,20,27)(H,22,23,25,28);(H,6,7). The second kappa shape index (κ2) is 11.1. The number of hydrogen-bond acceptors (Lipinski definition) is 10. The minimum Gasteiger partial charge on any atom is -0.475 e. The Hall–Kier alpha value is -5.15. The van der Waals surface area contributed by atoms with Crippen LogP contribution in [0.25, 0.3) is 11.0 Å². The number of aromatic nitrogens is 5. The van der Waals surface area contributed by atoms with Crippen molar-refractivity contribution < 1.29 is 41.9 Å². The van der Waals surface area contributed by atoms with Crippen LogP contribution in [0, 0.1) is 6.92 Å². The molecule has 4 rings (SSSR count). The Kier molecular flexibility index (Phi) is 7.91. The van der Waals surface area contributed by atoms with Crippen molar-refractivity contribution in [1.29, 1.82) is 0 Å². The number of nitrogens with zero attached hydrogens (tertiary/aromatic N) is 5. The van der Waals surface area contributed by atoms with E-state index in [9.17, 15) is 22.8 Å². The number of aryl methyl sites for hydroxylation is 1. The summed E-state index contributed by atoms with van der Waals surface area (Å²) in [5.74, 6) is -2.11. The summed E-state index contributed by atoms with van der Waals surface area (Å²) >= 11 is 0.